The van der Waals surface area contributed by atoms with Crippen molar-refractivity contribution in [3.8, 4) is 0 Å². The number of nitrogens with one attached hydrogen (secondary N) is 1. The van der Waals surface area contributed by atoms with Crippen LogP contribution >= 0.6 is 11.6 Å². The van der Waals surface area contributed by atoms with E-state index in [1.165, 1.54) is 7.11 Å². The highest BCUT2D eigenvalue weighted by atomic mass is 35.5. The molecule has 0 radical (unpaired) electrons. The molecular weight excluding hydrogens is 214 g/mol. The van der Waals surface area contributed by atoms with Crippen molar-refractivity contribution in [2.75, 3.05) is 14.2 Å². The molecule has 0 aliphatic rings. The Labute approximate surface area is 94.4 Å². The van der Waals surface area contributed by atoms with Crippen LogP contribution < -0.4 is 5.32 Å². The molecule has 1 atom stereocenters. The average molecular weight is 228 g/mol. The van der Waals surface area contributed by atoms with Crippen molar-refractivity contribution in [2.24, 2.45) is 0 Å². The molecule has 0 heterocycles. The van der Waals surface area contributed by atoms with Gasteiger partial charge in [0.05, 0.1) is 13.5 Å². The van der Waals surface area contributed by atoms with Gasteiger partial charge < -0.3 is 10.1 Å². The first-order valence-corrected chi connectivity index (χ1v) is 5.04. The molecule has 1 unspecified atom stereocenters. The highest BCUT2D eigenvalue weighted by Crippen LogP contribution is 2.20. The van der Waals surface area contributed by atoms with Gasteiger partial charge in [-0.05, 0) is 24.7 Å². The van der Waals surface area contributed by atoms with Gasteiger partial charge in [0, 0.05) is 11.1 Å². The lowest BCUT2D eigenvalue weighted by atomic mass is 10.0. The number of halogens is 1. The zero-order chi connectivity index (χ0) is 11.3. The van der Waals surface area contributed by atoms with Crippen molar-refractivity contribution in [3.63, 3.8) is 0 Å². The smallest absolute Gasteiger partial charge is 0.307 e. The SMILES string of the molecule is CNC(CC(=O)OC)c1cccc(Cl)c1. The van der Waals surface area contributed by atoms with Gasteiger partial charge >= 0.3 is 5.97 Å². The maximum Gasteiger partial charge on any atom is 0.307 e. The molecule has 0 amide bonds. The number of hydrogen-bond acceptors (Lipinski definition) is 3. The van der Waals surface area contributed by atoms with E-state index in [9.17, 15) is 4.79 Å². The van der Waals surface area contributed by atoms with Crippen LogP contribution in [0, 0.1) is 0 Å². The normalized spacial score (nSPS) is 12.2. The Morgan fingerprint density at radius 1 is 1.60 bits per heavy atom. The van der Waals surface area contributed by atoms with Crippen molar-refractivity contribution in [1.29, 1.82) is 0 Å². The number of benzene rings is 1. The average Bonchev–Trinajstić information content (AvgIpc) is 2.25. The summed E-state index contributed by atoms with van der Waals surface area (Å²) in [5.41, 5.74) is 0.982. The molecular formula is C11H14ClNO2. The van der Waals surface area contributed by atoms with Gasteiger partial charge in [-0.3, -0.25) is 4.79 Å². The van der Waals surface area contributed by atoms with E-state index in [-0.39, 0.29) is 12.0 Å². The van der Waals surface area contributed by atoms with E-state index in [1.807, 2.05) is 18.2 Å². The highest BCUT2D eigenvalue weighted by molar-refractivity contribution is 6.30. The summed E-state index contributed by atoms with van der Waals surface area (Å²) in [6, 6.07) is 7.37. The molecule has 0 aliphatic heterocycles. The predicted octanol–water partition coefficient (Wildman–Crippen LogP) is 2.16. The Morgan fingerprint density at radius 2 is 2.33 bits per heavy atom. The van der Waals surface area contributed by atoms with Crippen LogP contribution in [0.25, 0.3) is 0 Å². The van der Waals surface area contributed by atoms with Gasteiger partial charge in [0.15, 0.2) is 0 Å². The van der Waals surface area contributed by atoms with Crippen LogP contribution in [0.5, 0.6) is 0 Å². The largest absolute Gasteiger partial charge is 0.469 e. The van der Waals surface area contributed by atoms with Gasteiger partial charge in [-0.15, -0.1) is 0 Å². The zero-order valence-electron chi connectivity index (χ0n) is 8.79. The molecule has 3 nitrogen and oxygen atoms in total. The minimum Gasteiger partial charge on any atom is -0.469 e. The number of esters is 1. The fourth-order valence-corrected chi connectivity index (χ4v) is 1.56. The second-order valence-electron chi connectivity index (χ2n) is 3.18. The van der Waals surface area contributed by atoms with Gasteiger partial charge in [0.2, 0.25) is 0 Å². The Kier molecular flexibility index (Phi) is 4.59. The second-order valence-corrected chi connectivity index (χ2v) is 3.61. The van der Waals surface area contributed by atoms with Crippen molar-refractivity contribution in [3.05, 3.63) is 34.9 Å². The van der Waals surface area contributed by atoms with Crippen molar-refractivity contribution in [1.82, 2.24) is 5.32 Å². The summed E-state index contributed by atoms with van der Waals surface area (Å²) in [4.78, 5) is 11.1. The third-order valence-electron chi connectivity index (χ3n) is 2.20. The molecule has 1 aromatic carbocycles. The molecule has 1 aromatic rings. The van der Waals surface area contributed by atoms with Gasteiger partial charge in [0.1, 0.15) is 0 Å². The predicted molar refractivity (Wildman–Crippen MR) is 59.9 cm³/mol. The maximum absolute atomic E-state index is 11.1. The lowest BCUT2D eigenvalue weighted by Gasteiger charge is -2.15. The summed E-state index contributed by atoms with van der Waals surface area (Å²) < 4.78 is 4.62. The molecule has 0 saturated carbocycles. The summed E-state index contributed by atoms with van der Waals surface area (Å²) in [6.07, 6.45) is 0.299. The van der Waals surface area contributed by atoms with E-state index in [1.54, 1.807) is 13.1 Å². The van der Waals surface area contributed by atoms with Crippen LogP contribution in [0.4, 0.5) is 0 Å². The van der Waals surface area contributed by atoms with Crippen molar-refractivity contribution in [2.45, 2.75) is 12.5 Å². The van der Waals surface area contributed by atoms with Gasteiger partial charge in [-0.25, -0.2) is 0 Å². The number of rotatable bonds is 4. The molecule has 15 heavy (non-hydrogen) atoms. The fraction of sp³-hybridized carbons (Fsp3) is 0.364. The zero-order valence-corrected chi connectivity index (χ0v) is 9.54. The molecule has 0 aliphatic carbocycles. The molecule has 0 bridgehead atoms. The van der Waals surface area contributed by atoms with Gasteiger partial charge in [0.25, 0.3) is 0 Å². The van der Waals surface area contributed by atoms with Gasteiger partial charge in [-0.1, -0.05) is 23.7 Å². The van der Waals surface area contributed by atoms with Crippen LogP contribution in [0.1, 0.15) is 18.0 Å². The first kappa shape index (κ1) is 12.0. The second kappa shape index (κ2) is 5.73. The van der Waals surface area contributed by atoms with E-state index in [4.69, 9.17) is 11.6 Å². The number of ether oxygens (including phenoxy) is 1. The van der Waals surface area contributed by atoms with Crippen LogP contribution in [0.2, 0.25) is 5.02 Å². The number of carbonyl (C=O) groups excluding carboxylic acids is 1. The maximum atomic E-state index is 11.1. The van der Waals surface area contributed by atoms with Crippen LogP contribution in [-0.4, -0.2) is 20.1 Å². The first-order chi connectivity index (χ1) is 7.17. The third kappa shape index (κ3) is 3.53. The van der Waals surface area contributed by atoms with Crippen molar-refractivity contribution >= 4 is 17.6 Å². The molecule has 0 saturated heterocycles. The molecule has 0 aromatic heterocycles. The molecule has 1 rings (SSSR count). The topological polar surface area (TPSA) is 38.3 Å². The number of methoxy groups -OCH3 is 1. The summed E-state index contributed by atoms with van der Waals surface area (Å²) in [5.74, 6) is -0.241. The third-order valence-corrected chi connectivity index (χ3v) is 2.43. The molecule has 0 spiro atoms. The van der Waals surface area contributed by atoms with E-state index >= 15 is 0 Å². The number of carbonyl (C=O) groups is 1. The van der Waals surface area contributed by atoms with Gasteiger partial charge in [-0.2, -0.15) is 0 Å². The molecule has 82 valence electrons. The van der Waals surface area contributed by atoms with Crippen molar-refractivity contribution < 1.29 is 9.53 Å². The van der Waals surface area contributed by atoms with E-state index in [0.29, 0.717) is 11.4 Å². The molecule has 1 N–H and O–H groups in total. The Hall–Kier alpha value is -1.06. The first-order valence-electron chi connectivity index (χ1n) is 4.67. The Morgan fingerprint density at radius 3 is 2.87 bits per heavy atom. The monoisotopic (exact) mass is 227 g/mol. The van der Waals surface area contributed by atoms with E-state index < -0.39 is 0 Å². The van der Waals surface area contributed by atoms with Crippen LogP contribution in [-0.2, 0) is 9.53 Å². The summed E-state index contributed by atoms with van der Waals surface area (Å²) >= 11 is 5.87. The summed E-state index contributed by atoms with van der Waals surface area (Å²) in [7, 11) is 3.18. The highest BCUT2D eigenvalue weighted by Gasteiger charge is 2.14. The lowest BCUT2D eigenvalue weighted by Crippen LogP contribution is -2.20. The molecule has 4 heteroatoms. The Balaban J connectivity index is 2.78. The van der Waals surface area contributed by atoms with Crippen LogP contribution in [0.15, 0.2) is 24.3 Å². The minimum absolute atomic E-state index is 0.0591. The van der Waals surface area contributed by atoms with Crippen LogP contribution in [0.3, 0.4) is 0 Å². The van der Waals surface area contributed by atoms with E-state index in [2.05, 4.69) is 10.1 Å². The van der Waals surface area contributed by atoms with E-state index in [0.717, 1.165) is 5.56 Å². The molecule has 0 fully saturated rings. The standard InChI is InChI=1S/C11H14ClNO2/c1-13-10(7-11(14)15-2)8-4-3-5-9(12)6-8/h3-6,10,13H,7H2,1-2H3. The quantitative estimate of drug-likeness (QED) is 0.802. The summed E-state index contributed by atoms with van der Waals surface area (Å²) in [6.45, 7) is 0. The Bertz CT molecular complexity index is 341. The summed E-state index contributed by atoms with van der Waals surface area (Å²) in [5, 5.41) is 3.72. The number of hydrogen-bond donors (Lipinski definition) is 1. The minimum atomic E-state index is -0.241. The lowest BCUT2D eigenvalue weighted by molar-refractivity contribution is -0.141. The fourth-order valence-electron chi connectivity index (χ4n) is 1.36.